The summed E-state index contributed by atoms with van der Waals surface area (Å²) in [7, 11) is -3.20. The van der Waals surface area contributed by atoms with Crippen LogP contribution in [-0.2, 0) is 23.1 Å². The molecule has 0 N–H and O–H groups in total. The van der Waals surface area contributed by atoms with Crippen molar-refractivity contribution >= 4 is 10.0 Å². The van der Waals surface area contributed by atoms with Gasteiger partial charge in [0.15, 0.2) is 5.69 Å². The SMILES string of the molecule is N#Cc1cc2n(n1)CCN(S(=O)(=O)CC1CCCC1)C2. The number of fused-ring (bicyclic) bond motifs is 1. The summed E-state index contributed by atoms with van der Waals surface area (Å²) in [6, 6.07) is 3.67. The molecular formula is C13H18N4O2S. The molecule has 0 spiro atoms. The molecule has 0 aromatic carbocycles. The Morgan fingerprint density at radius 3 is 2.80 bits per heavy atom. The van der Waals surface area contributed by atoms with Gasteiger partial charge >= 0.3 is 0 Å². The van der Waals surface area contributed by atoms with Crippen LogP contribution < -0.4 is 0 Å². The highest BCUT2D eigenvalue weighted by molar-refractivity contribution is 7.89. The van der Waals surface area contributed by atoms with Crippen LogP contribution in [0.4, 0.5) is 0 Å². The summed E-state index contributed by atoms with van der Waals surface area (Å²) in [5.41, 5.74) is 1.16. The quantitative estimate of drug-likeness (QED) is 0.836. The maximum Gasteiger partial charge on any atom is 0.214 e. The Labute approximate surface area is 119 Å². The van der Waals surface area contributed by atoms with Crippen LogP contribution in [0.3, 0.4) is 0 Å². The first-order valence-corrected chi connectivity index (χ1v) is 8.64. The maximum atomic E-state index is 12.5. The lowest BCUT2D eigenvalue weighted by Gasteiger charge is -2.27. The van der Waals surface area contributed by atoms with Crippen molar-refractivity contribution in [2.24, 2.45) is 5.92 Å². The Morgan fingerprint density at radius 2 is 2.10 bits per heavy atom. The fourth-order valence-electron chi connectivity index (χ4n) is 3.11. The van der Waals surface area contributed by atoms with Gasteiger partial charge in [-0.1, -0.05) is 12.8 Å². The van der Waals surface area contributed by atoms with E-state index in [4.69, 9.17) is 5.26 Å². The van der Waals surface area contributed by atoms with Crippen molar-refractivity contribution in [2.45, 2.75) is 38.8 Å². The summed E-state index contributed by atoms with van der Waals surface area (Å²) in [6.45, 7) is 1.32. The topological polar surface area (TPSA) is 79.0 Å². The molecule has 0 atom stereocenters. The van der Waals surface area contributed by atoms with Gasteiger partial charge in [0.1, 0.15) is 6.07 Å². The van der Waals surface area contributed by atoms with Gasteiger partial charge in [-0.05, 0) is 24.8 Å². The van der Waals surface area contributed by atoms with Gasteiger partial charge in [-0.25, -0.2) is 8.42 Å². The van der Waals surface area contributed by atoms with Gasteiger partial charge in [0.2, 0.25) is 10.0 Å². The lowest BCUT2D eigenvalue weighted by molar-refractivity contribution is 0.324. The Morgan fingerprint density at radius 1 is 1.35 bits per heavy atom. The number of sulfonamides is 1. The van der Waals surface area contributed by atoms with Crippen molar-refractivity contribution in [1.29, 1.82) is 5.26 Å². The molecule has 0 amide bonds. The Kier molecular flexibility index (Phi) is 3.52. The summed E-state index contributed by atoms with van der Waals surface area (Å²) >= 11 is 0. The molecule has 2 heterocycles. The second kappa shape index (κ2) is 5.19. The second-order valence-electron chi connectivity index (χ2n) is 5.62. The first-order valence-electron chi connectivity index (χ1n) is 7.03. The van der Waals surface area contributed by atoms with Crippen LogP contribution >= 0.6 is 0 Å². The molecule has 0 radical (unpaired) electrons. The number of aromatic nitrogens is 2. The standard InChI is InChI=1S/C13H18N4O2S/c14-8-12-7-13-9-16(5-6-17(13)15-12)20(18,19)10-11-3-1-2-4-11/h7,11H,1-6,9-10H2. The van der Waals surface area contributed by atoms with Crippen molar-refractivity contribution in [3.05, 3.63) is 17.5 Å². The molecule has 0 saturated heterocycles. The Balaban J connectivity index is 1.73. The average Bonchev–Trinajstić information content (AvgIpc) is 3.05. The average molecular weight is 294 g/mol. The Bertz CT molecular complexity index is 638. The normalized spacial score (nSPS) is 20.8. The molecule has 1 aliphatic heterocycles. The van der Waals surface area contributed by atoms with Crippen LogP contribution in [0.15, 0.2) is 6.07 Å². The van der Waals surface area contributed by atoms with E-state index in [9.17, 15) is 8.42 Å². The molecule has 1 fully saturated rings. The minimum absolute atomic E-state index is 0.270. The van der Waals surface area contributed by atoms with Crippen LogP contribution in [0.2, 0.25) is 0 Å². The highest BCUT2D eigenvalue weighted by Crippen LogP contribution is 2.28. The van der Waals surface area contributed by atoms with E-state index in [1.54, 1.807) is 15.1 Å². The number of hydrogen-bond donors (Lipinski definition) is 0. The minimum Gasteiger partial charge on any atom is -0.266 e. The first-order chi connectivity index (χ1) is 9.58. The molecule has 1 aromatic rings. The molecule has 0 bridgehead atoms. The van der Waals surface area contributed by atoms with E-state index in [1.807, 2.05) is 6.07 Å². The minimum atomic E-state index is -3.20. The van der Waals surface area contributed by atoms with Gasteiger partial charge in [-0.15, -0.1) is 0 Å². The third-order valence-electron chi connectivity index (χ3n) is 4.19. The predicted octanol–water partition coefficient (Wildman–Crippen LogP) is 1.09. The molecule has 20 heavy (non-hydrogen) atoms. The zero-order valence-corrected chi connectivity index (χ0v) is 12.1. The van der Waals surface area contributed by atoms with Gasteiger partial charge in [0, 0.05) is 6.54 Å². The third-order valence-corrected chi connectivity index (χ3v) is 6.18. The molecule has 7 heteroatoms. The van der Waals surface area contributed by atoms with Crippen LogP contribution in [0.25, 0.3) is 0 Å². The van der Waals surface area contributed by atoms with Crippen molar-refractivity contribution in [1.82, 2.24) is 14.1 Å². The van der Waals surface area contributed by atoms with Crippen molar-refractivity contribution in [2.75, 3.05) is 12.3 Å². The second-order valence-corrected chi connectivity index (χ2v) is 7.63. The number of hydrogen-bond acceptors (Lipinski definition) is 4. The monoisotopic (exact) mass is 294 g/mol. The van der Waals surface area contributed by atoms with Crippen LogP contribution in [-0.4, -0.2) is 34.8 Å². The first kappa shape index (κ1) is 13.6. The van der Waals surface area contributed by atoms with Gasteiger partial charge in [0.25, 0.3) is 0 Å². The lowest BCUT2D eigenvalue weighted by atomic mass is 10.1. The molecule has 1 aromatic heterocycles. The van der Waals surface area contributed by atoms with E-state index in [1.165, 1.54) is 0 Å². The molecule has 2 aliphatic rings. The van der Waals surface area contributed by atoms with E-state index in [0.29, 0.717) is 31.2 Å². The lowest BCUT2D eigenvalue weighted by Crippen LogP contribution is -2.40. The summed E-state index contributed by atoms with van der Waals surface area (Å²) in [5.74, 6) is 0.591. The summed E-state index contributed by atoms with van der Waals surface area (Å²) in [5, 5.41) is 13.0. The highest BCUT2D eigenvalue weighted by Gasteiger charge is 2.31. The number of nitrogens with zero attached hydrogens (tertiary/aromatic N) is 4. The third kappa shape index (κ3) is 2.58. The van der Waals surface area contributed by atoms with E-state index >= 15 is 0 Å². The summed E-state index contributed by atoms with van der Waals surface area (Å²) < 4.78 is 28.2. The van der Waals surface area contributed by atoms with Gasteiger partial charge in [0.05, 0.1) is 24.5 Å². The molecule has 3 rings (SSSR count). The maximum absolute atomic E-state index is 12.5. The predicted molar refractivity (Wildman–Crippen MR) is 73.1 cm³/mol. The van der Waals surface area contributed by atoms with Crippen LogP contribution in [0.5, 0.6) is 0 Å². The van der Waals surface area contributed by atoms with Crippen molar-refractivity contribution in [3.8, 4) is 6.07 Å². The number of rotatable bonds is 3. The van der Waals surface area contributed by atoms with E-state index < -0.39 is 10.0 Å². The summed E-state index contributed by atoms with van der Waals surface area (Å²) in [4.78, 5) is 0. The van der Waals surface area contributed by atoms with Gasteiger partial charge < -0.3 is 0 Å². The van der Waals surface area contributed by atoms with E-state index in [0.717, 1.165) is 31.4 Å². The fourth-order valence-corrected chi connectivity index (χ4v) is 4.94. The van der Waals surface area contributed by atoms with Gasteiger partial charge in [-0.3, -0.25) is 4.68 Å². The molecule has 6 nitrogen and oxygen atoms in total. The van der Waals surface area contributed by atoms with Crippen LogP contribution in [0, 0.1) is 17.2 Å². The molecule has 0 unspecified atom stereocenters. The van der Waals surface area contributed by atoms with Gasteiger partial charge in [-0.2, -0.15) is 14.7 Å². The highest BCUT2D eigenvalue weighted by atomic mass is 32.2. The van der Waals surface area contributed by atoms with Crippen LogP contribution in [0.1, 0.15) is 37.1 Å². The van der Waals surface area contributed by atoms with Crippen molar-refractivity contribution in [3.63, 3.8) is 0 Å². The molecule has 108 valence electrons. The fraction of sp³-hybridized carbons (Fsp3) is 0.692. The molecular weight excluding hydrogens is 276 g/mol. The van der Waals surface area contributed by atoms with E-state index in [2.05, 4.69) is 5.10 Å². The Hall–Kier alpha value is -1.39. The summed E-state index contributed by atoms with van der Waals surface area (Å²) in [6.07, 6.45) is 4.37. The smallest absolute Gasteiger partial charge is 0.214 e. The molecule has 1 saturated carbocycles. The molecule has 1 aliphatic carbocycles. The zero-order chi connectivity index (χ0) is 14.2. The van der Waals surface area contributed by atoms with Crippen molar-refractivity contribution < 1.29 is 8.42 Å². The zero-order valence-electron chi connectivity index (χ0n) is 11.3. The number of nitriles is 1. The van der Waals surface area contributed by atoms with E-state index in [-0.39, 0.29) is 5.75 Å². The largest absolute Gasteiger partial charge is 0.266 e.